The molecule has 6 nitrogen and oxygen atoms in total. The number of nitrogens with two attached hydrogens (primary N) is 1. The molecule has 100 valence electrons. The van der Waals surface area contributed by atoms with E-state index in [1.54, 1.807) is 32.4 Å². The molecular formula is C12H18N2O4. The summed E-state index contributed by atoms with van der Waals surface area (Å²) in [7, 11) is 3.11. The summed E-state index contributed by atoms with van der Waals surface area (Å²) in [5.41, 5.74) is 5.53. The summed E-state index contributed by atoms with van der Waals surface area (Å²) in [6, 6.07) is 5.14. The molecule has 0 saturated heterocycles. The van der Waals surface area contributed by atoms with E-state index in [4.69, 9.17) is 25.2 Å². The largest absolute Gasteiger partial charge is 0.496 e. The molecule has 0 aliphatic heterocycles. The molecule has 1 unspecified atom stereocenters. The lowest BCUT2D eigenvalue weighted by Gasteiger charge is -2.17. The smallest absolute Gasteiger partial charge is 0.180 e. The van der Waals surface area contributed by atoms with Crippen LogP contribution in [0.4, 0.5) is 0 Å². The van der Waals surface area contributed by atoms with E-state index in [2.05, 4.69) is 5.16 Å². The van der Waals surface area contributed by atoms with Crippen molar-refractivity contribution in [2.45, 2.75) is 19.4 Å². The first-order valence-corrected chi connectivity index (χ1v) is 5.51. The van der Waals surface area contributed by atoms with Crippen LogP contribution in [0.5, 0.6) is 17.2 Å². The molecule has 1 atom stereocenters. The van der Waals surface area contributed by atoms with Crippen molar-refractivity contribution in [3.8, 4) is 17.2 Å². The number of oxime groups is 1. The Morgan fingerprint density at radius 3 is 2.11 bits per heavy atom. The van der Waals surface area contributed by atoms with E-state index in [0.717, 1.165) is 0 Å². The van der Waals surface area contributed by atoms with Crippen LogP contribution in [0.3, 0.4) is 0 Å². The lowest BCUT2D eigenvalue weighted by molar-refractivity contribution is 0.244. The number of hydrogen-bond acceptors (Lipinski definition) is 5. The highest BCUT2D eigenvalue weighted by Crippen LogP contribution is 2.28. The topological polar surface area (TPSA) is 86.3 Å². The first-order valence-electron chi connectivity index (χ1n) is 5.51. The van der Waals surface area contributed by atoms with Crippen molar-refractivity contribution in [3.63, 3.8) is 0 Å². The van der Waals surface area contributed by atoms with Crippen molar-refractivity contribution in [1.82, 2.24) is 0 Å². The SMILES string of the molecule is CCC(Oc1cc(OC)cc(OC)c1)C(N)=NO. The van der Waals surface area contributed by atoms with E-state index in [1.165, 1.54) is 0 Å². The van der Waals surface area contributed by atoms with Gasteiger partial charge in [-0.2, -0.15) is 0 Å². The van der Waals surface area contributed by atoms with Gasteiger partial charge in [0.1, 0.15) is 17.2 Å². The summed E-state index contributed by atoms with van der Waals surface area (Å²) in [5.74, 6) is 1.78. The minimum absolute atomic E-state index is 0.0271. The van der Waals surface area contributed by atoms with Crippen LogP contribution in [0.2, 0.25) is 0 Å². The maximum absolute atomic E-state index is 8.65. The van der Waals surface area contributed by atoms with E-state index in [0.29, 0.717) is 23.7 Å². The molecule has 3 N–H and O–H groups in total. The van der Waals surface area contributed by atoms with E-state index < -0.39 is 6.10 Å². The van der Waals surface area contributed by atoms with Gasteiger partial charge in [-0.05, 0) is 6.42 Å². The molecule has 0 amide bonds. The molecule has 0 bridgehead atoms. The molecule has 0 aromatic heterocycles. The van der Waals surface area contributed by atoms with Crippen molar-refractivity contribution >= 4 is 5.84 Å². The average molecular weight is 254 g/mol. The highest BCUT2D eigenvalue weighted by molar-refractivity contribution is 5.84. The Labute approximate surface area is 106 Å². The number of rotatable bonds is 6. The summed E-state index contributed by atoms with van der Waals surface area (Å²) in [4.78, 5) is 0. The van der Waals surface area contributed by atoms with Crippen LogP contribution in [-0.2, 0) is 0 Å². The van der Waals surface area contributed by atoms with E-state index in [1.807, 2.05) is 6.92 Å². The Balaban J connectivity index is 2.95. The van der Waals surface area contributed by atoms with Gasteiger partial charge in [-0.15, -0.1) is 0 Å². The lowest BCUT2D eigenvalue weighted by atomic mass is 10.2. The minimum atomic E-state index is -0.494. The molecule has 0 fully saturated rings. The molecular weight excluding hydrogens is 236 g/mol. The van der Waals surface area contributed by atoms with E-state index in [9.17, 15) is 0 Å². The van der Waals surface area contributed by atoms with Gasteiger partial charge >= 0.3 is 0 Å². The molecule has 18 heavy (non-hydrogen) atoms. The van der Waals surface area contributed by atoms with Gasteiger partial charge in [-0.1, -0.05) is 12.1 Å². The maximum atomic E-state index is 8.65. The summed E-state index contributed by atoms with van der Waals surface area (Å²) in [6.07, 6.45) is 0.0851. The molecule has 0 saturated carbocycles. The molecule has 1 aromatic rings. The zero-order chi connectivity index (χ0) is 13.5. The van der Waals surface area contributed by atoms with Crippen LogP contribution in [0.15, 0.2) is 23.4 Å². The van der Waals surface area contributed by atoms with Crippen molar-refractivity contribution in [1.29, 1.82) is 0 Å². The van der Waals surface area contributed by atoms with Crippen LogP contribution < -0.4 is 19.9 Å². The van der Waals surface area contributed by atoms with Crippen LogP contribution in [-0.4, -0.2) is 31.4 Å². The third-order valence-corrected chi connectivity index (χ3v) is 2.42. The number of methoxy groups -OCH3 is 2. The normalized spacial score (nSPS) is 12.9. The van der Waals surface area contributed by atoms with Gasteiger partial charge in [0.2, 0.25) is 0 Å². The van der Waals surface area contributed by atoms with Crippen molar-refractivity contribution < 1.29 is 19.4 Å². The fourth-order valence-corrected chi connectivity index (χ4v) is 1.43. The Hall–Kier alpha value is -2.11. The molecule has 0 aliphatic rings. The minimum Gasteiger partial charge on any atom is -0.496 e. The number of benzene rings is 1. The Kier molecular flexibility index (Phi) is 5.10. The molecule has 6 heteroatoms. The third-order valence-electron chi connectivity index (χ3n) is 2.42. The number of hydrogen-bond donors (Lipinski definition) is 2. The summed E-state index contributed by atoms with van der Waals surface area (Å²) >= 11 is 0. The second-order valence-corrected chi connectivity index (χ2v) is 3.59. The van der Waals surface area contributed by atoms with Crippen molar-refractivity contribution in [2.24, 2.45) is 10.9 Å². The van der Waals surface area contributed by atoms with Gasteiger partial charge in [0.15, 0.2) is 11.9 Å². The predicted molar refractivity (Wildman–Crippen MR) is 67.7 cm³/mol. The highest BCUT2D eigenvalue weighted by atomic mass is 16.5. The molecule has 1 aromatic carbocycles. The van der Waals surface area contributed by atoms with Crippen molar-refractivity contribution in [3.05, 3.63) is 18.2 Å². The lowest BCUT2D eigenvalue weighted by Crippen LogP contribution is -2.33. The monoisotopic (exact) mass is 254 g/mol. The van der Waals surface area contributed by atoms with E-state index >= 15 is 0 Å². The summed E-state index contributed by atoms with van der Waals surface area (Å²) in [6.45, 7) is 1.88. The summed E-state index contributed by atoms with van der Waals surface area (Å²) in [5, 5.41) is 11.6. The molecule has 0 heterocycles. The average Bonchev–Trinajstić information content (AvgIpc) is 2.43. The molecule has 1 rings (SSSR count). The number of ether oxygens (including phenoxy) is 3. The quantitative estimate of drug-likeness (QED) is 0.348. The van der Waals surface area contributed by atoms with Crippen LogP contribution in [0.25, 0.3) is 0 Å². The van der Waals surface area contributed by atoms with E-state index in [-0.39, 0.29) is 5.84 Å². The molecule has 0 aliphatic carbocycles. The molecule has 0 spiro atoms. The first-order chi connectivity index (χ1) is 8.64. The fraction of sp³-hybridized carbons (Fsp3) is 0.417. The standard InChI is InChI=1S/C12H18N2O4/c1-4-11(12(13)14-15)18-10-6-8(16-2)5-9(7-10)17-3/h5-7,11,15H,4H2,1-3H3,(H2,13,14). The summed E-state index contributed by atoms with van der Waals surface area (Å²) < 4.78 is 15.9. The number of nitrogens with zero attached hydrogens (tertiary/aromatic N) is 1. The Morgan fingerprint density at radius 1 is 1.22 bits per heavy atom. The van der Waals surface area contributed by atoms with Gasteiger partial charge in [0.25, 0.3) is 0 Å². The number of amidine groups is 1. The van der Waals surface area contributed by atoms with Gasteiger partial charge in [-0.3, -0.25) is 0 Å². The fourth-order valence-electron chi connectivity index (χ4n) is 1.43. The first kappa shape index (κ1) is 14.0. The highest BCUT2D eigenvalue weighted by Gasteiger charge is 2.14. The van der Waals surface area contributed by atoms with Gasteiger partial charge in [0.05, 0.1) is 14.2 Å². The zero-order valence-corrected chi connectivity index (χ0v) is 10.7. The Morgan fingerprint density at radius 2 is 1.72 bits per heavy atom. The predicted octanol–water partition coefficient (Wildman–Crippen LogP) is 1.61. The zero-order valence-electron chi connectivity index (χ0n) is 10.7. The Bertz CT molecular complexity index is 398. The third kappa shape index (κ3) is 3.44. The van der Waals surface area contributed by atoms with Gasteiger partial charge in [-0.25, -0.2) is 0 Å². The second-order valence-electron chi connectivity index (χ2n) is 3.59. The second kappa shape index (κ2) is 6.58. The van der Waals surface area contributed by atoms with Crippen LogP contribution >= 0.6 is 0 Å². The molecule has 0 radical (unpaired) electrons. The van der Waals surface area contributed by atoms with Gasteiger partial charge < -0.3 is 25.2 Å². The van der Waals surface area contributed by atoms with Crippen molar-refractivity contribution in [2.75, 3.05) is 14.2 Å². The maximum Gasteiger partial charge on any atom is 0.180 e. The van der Waals surface area contributed by atoms with Crippen LogP contribution in [0, 0.1) is 0 Å². The van der Waals surface area contributed by atoms with Crippen LogP contribution in [0.1, 0.15) is 13.3 Å². The van der Waals surface area contributed by atoms with Gasteiger partial charge in [0, 0.05) is 18.2 Å².